The van der Waals surface area contributed by atoms with Crippen LogP contribution in [0.1, 0.15) is 18.0 Å². The Hall–Kier alpha value is -3.46. The van der Waals surface area contributed by atoms with Crippen molar-refractivity contribution in [2.75, 3.05) is 32.9 Å². The van der Waals surface area contributed by atoms with E-state index in [0.717, 1.165) is 27.7 Å². The number of rotatable bonds is 3. The number of hydrazine groups is 1. The van der Waals surface area contributed by atoms with Gasteiger partial charge in [-0.05, 0) is 41.5 Å². The molecule has 4 heterocycles. The van der Waals surface area contributed by atoms with E-state index in [1.54, 1.807) is 18.5 Å². The third-order valence-corrected chi connectivity index (χ3v) is 7.13. The Balaban J connectivity index is 1.42. The Morgan fingerprint density at radius 3 is 2.65 bits per heavy atom. The minimum Gasteiger partial charge on any atom is -0.493 e. The van der Waals surface area contributed by atoms with E-state index in [0.29, 0.717) is 60.5 Å². The summed E-state index contributed by atoms with van der Waals surface area (Å²) in [5.41, 5.74) is 5.96. The molecule has 2 aromatic carbocycles. The first kappa shape index (κ1) is 23.9. The van der Waals surface area contributed by atoms with Crippen molar-refractivity contribution in [2.24, 2.45) is 0 Å². The highest BCUT2D eigenvalue weighted by Crippen LogP contribution is 2.32. The number of pyridine rings is 1. The van der Waals surface area contributed by atoms with Gasteiger partial charge in [-0.25, -0.2) is 4.79 Å². The molecule has 0 bridgehead atoms. The molecule has 1 aromatic heterocycles. The van der Waals surface area contributed by atoms with E-state index in [-0.39, 0.29) is 12.1 Å². The standard InChI is InChI=1S/C27H25Cl2N5O3/c28-18-13-17(14-19(29)15-18)20-5-7-30-25-22(20)16-31-34(26(25)33-8-11-36-12-9-33)27(35)32-23-6-10-37-24-4-2-1-3-21(23)24/h1-5,7,13-16,23,31H,6,8-12H2,(H,32,35)/t23-/m0/s1. The smallest absolute Gasteiger partial charge is 0.342 e. The van der Waals surface area contributed by atoms with E-state index < -0.39 is 0 Å². The van der Waals surface area contributed by atoms with Crippen LogP contribution < -0.4 is 26.0 Å². The molecule has 1 fully saturated rings. The quantitative estimate of drug-likeness (QED) is 0.534. The fraction of sp³-hybridized carbons (Fsp3) is 0.259. The summed E-state index contributed by atoms with van der Waals surface area (Å²) < 4.78 is 11.4. The molecule has 0 radical (unpaired) electrons. The van der Waals surface area contributed by atoms with Gasteiger partial charge in [-0.1, -0.05) is 41.4 Å². The topological polar surface area (TPSA) is 79.0 Å². The minimum absolute atomic E-state index is 0.167. The summed E-state index contributed by atoms with van der Waals surface area (Å²) in [4.78, 5) is 20.6. The zero-order valence-corrected chi connectivity index (χ0v) is 21.4. The Morgan fingerprint density at radius 2 is 1.84 bits per heavy atom. The van der Waals surface area contributed by atoms with Gasteiger partial charge in [0, 0.05) is 52.7 Å². The van der Waals surface area contributed by atoms with E-state index >= 15 is 0 Å². The molecule has 8 nitrogen and oxygen atoms in total. The number of carbonyl (C=O) groups is 1. The number of nitrogens with zero attached hydrogens (tertiary/aromatic N) is 3. The summed E-state index contributed by atoms with van der Waals surface area (Å²) in [6.45, 7) is 2.94. The largest absolute Gasteiger partial charge is 0.493 e. The van der Waals surface area contributed by atoms with Gasteiger partial charge in [-0.2, -0.15) is 5.01 Å². The second-order valence-electron chi connectivity index (χ2n) is 8.99. The van der Waals surface area contributed by atoms with Crippen LogP contribution in [0.4, 0.5) is 4.79 Å². The summed E-state index contributed by atoms with van der Waals surface area (Å²) in [5, 5.41) is 7.36. The molecular formula is C27H25Cl2N5O3. The van der Waals surface area contributed by atoms with E-state index in [1.165, 1.54) is 5.01 Å². The van der Waals surface area contributed by atoms with Gasteiger partial charge in [0.25, 0.3) is 0 Å². The molecule has 190 valence electrons. The molecule has 1 atom stereocenters. The van der Waals surface area contributed by atoms with Crippen molar-refractivity contribution in [2.45, 2.75) is 12.5 Å². The number of aromatic nitrogens is 1. The summed E-state index contributed by atoms with van der Waals surface area (Å²) in [7, 11) is 0. The highest BCUT2D eigenvalue weighted by molar-refractivity contribution is 6.35. The van der Waals surface area contributed by atoms with Gasteiger partial charge in [0.15, 0.2) is 5.82 Å². The monoisotopic (exact) mass is 537 g/mol. The lowest BCUT2D eigenvalue weighted by molar-refractivity contribution is 0.0541. The predicted octanol–water partition coefficient (Wildman–Crippen LogP) is 3.24. The first-order valence-electron chi connectivity index (χ1n) is 12.2. The van der Waals surface area contributed by atoms with Crippen LogP contribution in [0.2, 0.25) is 10.0 Å². The van der Waals surface area contributed by atoms with Gasteiger partial charge in [0.2, 0.25) is 0 Å². The van der Waals surface area contributed by atoms with Crippen molar-refractivity contribution in [3.8, 4) is 16.9 Å². The number of para-hydroxylation sites is 1. The van der Waals surface area contributed by atoms with Crippen LogP contribution in [0.3, 0.4) is 0 Å². The normalized spacial score (nSPS) is 18.6. The minimum atomic E-state index is -0.275. The maximum absolute atomic E-state index is 13.7. The average molecular weight is 538 g/mol. The molecule has 6 rings (SSSR count). The van der Waals surface area contributed by atoms with Crippen molar-refractivity contribution < 1.29 is 14.3 Å². The van der Waals surface area contributed by atoms with E-state index in [9.17, 15) is 4.79 Å². The SMILES string of the molecule is O=C(N[C@H]1CCOc2ccccc21)N1NC=c2c(-c3cc(Cl)cc(Cl)c3)ccnc2=C1N1CCOCC1. The first-order chi connectivity index (χ1) is 18.1. The fourth-order valence-corrected chi connectivity index (χ4v) is 5.51. The number of morpholine rings is 1. The Bertz CT molecular complexity index is 1450. The van der Waals surface area contributed by atoms with Crippen molar-refractivity contribution in [1.29, 1.82) is 0 Å². The number of halogens is 2. The number of urea groups is 1. The molecule has 0 aliphatic carbocycles. The number of hydrogen-bond acceptors (Lipinski definition) is 6. The molecule has 1 saturated heterocycles. The maximum Gasteiger partial charge on any atom is 0.342 e. The molecule has 0 spiro atoms. The number of hydrogen-bond donors (Lipinski definition) is 2. The van der Waals surface area contributed by atoms with Crippen LogP contribution in [-0.2, 0) is 4.74 Å². The molecule has 2 N–H and O–H groups in total. The lowest BCUT2D eigenvalue weighted by Gasteiger charge is -2.38. The second-order valence-corrected chi connectivity index (χ2v) is 9.86. The van der Waals surface area contributed by atoms with Crippen LogP contribution in [-0.4, -0.2) is 53.8 Å². The van der Waals surface area contributed by atoms with Crippen LogP contribution in [0, 0.1) is 0 Å². The van der Waals surface area contributed by atoms with Gasteiger partial charge in [-0.15, -0.1) is 0 Å². The van der Waals surface area contributed by atoms with Crippen molar-refractivity contribution in [3.63, 3.8) is 0 Å². The lowest BCUT2D eigenvalue weighted by atomic mass is 10.0. The molecule has 37 heavy (non-hydrogen) atoms. The summed E-state index contributed by atoms with van der Waals surface area (Å²) in [5.74, 6) is 1.47. The van der Waals surface area contributed by atoms with Crippen LogP contribution >= 0.6 is 23.2 Å². The molecule has 10 heteroatoms. The fourth-order valence-electron chi connectivity index (χ4n) is 4.98. The van der Waals surface area contributed by atoms with Crippen LogP contribution in [0.15, 0.2) is 54.7 Å². The number of benzene rings is 2. The average Bonchev–Trinajstić information content (AvgIpc) is 2.92. The highest BCUT2D eigenvalue weighted by atomic mass is 35.5. The van der Waals surface area contributed by atoms with Gasteiger partial charge in [-0.3, -0.25) is 10.4 Å². The lowest BCUT2D eigenvalue weighted by Crippen LogP contribution is -2.58. The van der Waals surface area contributed by atoms with Crippen molar-refractivity contribution in [1.82, 2.24) is 25.6 Å². The van der Waals surface area contributed by atoms with Gasteiger partial charge >= 0.3 is 6.03 Å². The Kier molecular flexibility index (Phi) is 6.54. The number of ether oxygens (including phenoxy) is 2. The van der Waals surface area contributed by atoms with E-state index in [1.807, 2.05) is 42.5 Å². The third kappa shape index (κ3) is 4.68. The predicted molar refractivity (Wildman–Crippen MR) is 142 cm³/mol. The number of carbonyl (C=O) groups excluding carboxylic acids is 1. The van der Waals surface area contributed by atoms with Crippen LogP contribution in [0.5, 0.6) is 5.75 Å². The number of amides is 2. The van der Waals surface area contributed by atoms with Crippen molar-refractivity contribution in [3.05, 3.63) is 80.9 Å². The van der Waals surface area contributed by atoms with E-state index in [4.69, 9.17) is 37.7 Å². The molecule has 0 saturated carbocycles. The molecule has 0 unspecified atom stereocenters. The number of nitrogens with one attached hydrogen (secondary N) is 2. The van der Waals surface area contributed by atoms with Crippen molar-refractivity contribution >= 4 is 41.3 Å². The van der Waals surface area contributed by atoms with Gasteiger partial charge in [0.05, 0.1) is 25.9 Å². The number of fused-ring (bicyclic) bond motifs is 2. The zero-order chi connectivity index (χ0) is 25.4. The molecule has 3 aliphatic rings. The first-order valence-corrected chi connectivity index (χ1v) is 12.9. The van der Waals surface area contributed by atoms with Crippen LogP contribution in [0.25, 0.3) is 23.1 Å². The maximum atomic E-state index is 13.7. The summed E-state index contributed by atoms with van der Waals surface area (Å²) in [6.07, 6.45) is 4.23. The van der Waals surface area contributed by atoms with Gasteiger partial charge in [0.1, 0.15) is 11.1 Å². The Labute approximate surface area is 224 Å². The zero-order valence-electron chi connectivity index (χ0n) is 19.9. The Morgan fingerprint density at radius 1 is 1.05 bits per heavy atom. The summed E-state index contributed by atoms with van der Waals surface area (Å²) >= 11 is 12.6. The molecular weight excluding hydrogens is 513 g/mol. The molecule has 3 aromatic rings. The summed E-state index contributed by atoms with van der Waals surface area (Å²) in [6, 6.07) is 14.7. The molecule has 2 amide bonds. The van der Waals surface area contributed by atoms with Gasteiger partial charge < -0.3 is 19.7 Å². The van der Waals surface area contributed by atoms with E-state index in [2.05, 4.69) is 15.6 Å². The second kappa shape index (κ2) is 10.1. The highest BCUT2D eigenvalue weighted by Gasteiger charge is 2.31. The third-order valence-electron chi connectivity index (χ3n) is 6.70. The molecule has 3 aliphatic heterocycles.